The molecular formula is C16H17ClFNO2. The van der Waals surface area contributed by atoms with Gasteiger partial charge in [0.1, 0.15) is 12.4 Å². The Morgan fingerprint density at radius 2 is 2.00 bits per heavy atom. The van der Waals surface area contributed by atoms with E-state index in [1.807, 2.05) is 18.2 Å². The molecule has 2 rings (SSSR count). The Bertz CT molecular complexity index is 619. The van der Waals surface area contributed by atoms with Gasteiger partial charge in [-0.3, -0.25) is 0 Å². The van der Waals surface area contributed by atoms with Crippen LogP contribution in [0.15, 0.2) is 36.4 Å². The van der Waals surface area contributed by atoms with Crippen molar-refractivity contribution in [2.24, 2.45) is 5.73 Å². The van der Waals surface area contributed by atoms with E-state index in [1.54, 1.807) is 7.11 Å². The second-order valence-corrected chi connectivity index (χ2v) is 4.92. The molecule has 0 spiro atoms. The first-order chi connectivity index (χ1) is 10.2. The van der Waals surface area contributed by atoms with Crippen LogP contribution in [0.5, 0.6) is 11.5 Å². The van der Waals surface area contributed by atoms with Gasteiger partial charge in [-0.05, 0) is 42.8 Å². The predicted octanol–water partition coefficient (Wildman–Crippen LogP) is 3.57. The Labute approximate surface area is 128 Å². The predicted molar refractivity (Wildman–Crippen MR) is 81.5 cm³/mol. The minimum Gasteiger partial charge on any atom is -0.493 e. The third kappa shape index (κ3) is 3.86. The van der Waals surface area contributed by atoms with Crippen molar-refractivity contribution in [1.82, 2.24) is 0 Å². The quantitative estimate of drug-likeness (QED) is 0.887. The monoisotopic (exact) mass is 309 g/mol. The molecule has 0 fully saturated rings. The summed E-state index contributed by atoms with van der Waals surface area (Å²) in [4.78, 5) is 0. The van der Waals surface area contributed by atoms with Crippen molar-refractivity contribution in [3.63, 3.8) is 0 Å². The summed E-state index contributed by atoms with van der Waals surface area (Å²) in [6.45, 7) is 0.665. The number of methoxy groups -OCH3 is 1. The van der Waals surface area contributed by atoms with Crippen molar-refractivity contribution >= 4 is 11.6 Å². The summed E-state index contributed by atoms with van der Waals surface area (Å²) >= 11 is 6.04. The van der Waals surface area contributed by atoms with Crippen LogP contribution in [-0.2, 0) is 13.0 Å². The molecule has 0 bridgehead atoms. The Kier molecular flexibility index (Phi) is 5.42. The fourth-order valence-corrected chi connectivity index (χ4v) is 2.21. The Hall–Kier alpha value is -1.78. The summed E-state index contributed by atoms with van der Waals surface area (Å²) in [5.74, 6) is 0.888. The molecule has 0 aliphatic carbocycles. The van der Waals surface area contributed by atoms with Crippen LogP contribution in [0, 0.1) is 5.82 Å². The summed E-state index contributed by atoms with van der Waals surface area (Å²) < 4.78 is 24.4. The minimum absolute atomic E-state index is 0.161. The highest BCUT2D eigenvalue weighted by molar-refractivity contribution is 6.31. The van der Waals surface area contributed by atoms with Crippen molar-refractivity contribution in [2.45, 2.75) is 13.0 Å². The van der Waals surface area contributed by atoms with Gasteiger partial charge in [0, 0.05) is 10.6 Å². The van der Waals surface area contributed by atoms with Crippen LogP contribution >= 0.6 is 11.6 Å². The molecule has 0 atom stereocenters. The molecule has 0 amide bonds. The van der Waals surface area contributed by atoms with Gasteiger partial charge < -0.3 is 15.2 Å². The lowest BCUT2D eigenvalue weighted by atomic mass is 10.1. The number of ether oxygens (including phenoxy) is 2. The second kappa shape index (κ2) is 7.29. The largest absolute Gasteiger partial charge is 0.493 e. The first kappa shape index (κ1) is 15.6. The normalized spacial score (nSPS) is 10.5. The standard InChI is InChI=1S/C16H17ClFNO2/c1-20-15-4-2-3-11(7-8-19)16(15)21-10-12-9-13(18)5-6-14(12)17/h2-6,9H,7-8,10,19H2,1H3. The van der Waals surface area contributed by atoms with Gasteiger partial charge in [-0.2, -0.15) is 0 Å². The van der Waals surface area contributed by atoms with Crippen molar-refractivity contribution in [3.05, 3.63) is 58.4 Å². The fourth-order valence-electron chi connectivity index (χ4n) is 2.04. The van der Waals surface area contributed by atoms with Crippen molar-refractivity contribution in [1.29, 1.82) is 0 Å². The van der Waals surface area contributed by atoms with Crippen LogP contribution in [0.2, 0.25) is 5.02 Å². The van der Waals surface area contributed by atoms with Gasteiger partial charge in [-0.25, -0.2) is 4.39 Å². The van der Waals surface area contributed by atoms with Gasteiger partial charge in [0.25, 0.3) is 0 Å². The van der Waals surface area contributed by atoms with Crippen LogP contribution in [-0.4, -0.2) is 13.7 Å². The number of nitrogens with two attached hydrogens (primary N) is 1. The molecule has 0 unspecified atom stereocenters. The van der Waals surface area contributed by atoms with E-state index in [-0.39, 0.29) is 12.4 Å². The lowest BCUT2D eigenvalue weighted by molar-refractivity contribution is 0.281. The summed E-state index contributed by atoms with van der Waals surface area (Å²) in [7, 11) is 1.57. The number of rotatable bonds is 6. The third-order valence-corrected chi connectivity index (χ3v) is 3.44. The van der Waals surface area contributed by atoms with E-state index in [9.17, 15) is 4.39 Å². The molecule has 112 valence electrons. The molecule has 2 aromatic carbocycles. The smallest absolute Gasteiger partial charge is 0.164 e. The van der Waals surface area contributed by atoms with Crippen LogP contribution in [0.1, 0.15) is 11.1 Å². The first-order valence-corrected chi connectivity index (χ1v) is 6.96. The number of hydrogen-bond acceptors (Lipinski definition) is 3. The zero-order valence-electron chi connectivity index (χ0n) is 11.7. The average molecular weight is 310 g/mol. The zero-order valence-corrected chi connectivity index (χ0v) is 12.5. The molecule has 0 radical (unpaired) electrons. The maximum Gasteiger partial charge on any atom is 0.164 e. The molecule has 0 aliphatic rings. The highest BCUT2D eigenvalue weighted by Crippen LogP contribution is 2.32. The second-order valence-electron chi connectivity index (χ2n) is 4.51. The van der Waals surface area contributed by atoms with Gasteiger partial charge in [0.2, 0.25) is 0 Å². The topological polar surface area (TPSA) is 44.5 Å². The Morgan fingerprint density at radius 1 is 1.19 bits per heavy atom. The van der Waals surface area contributed by atoms with Crippen LogP contribution in [0.3, 0.4) is 0 Å². The molecule has 5 heteroatoms. The highest BCUT2D eigenvalue weighted by atomic mass is 35.5. The summed E-state index contributed by atoms with van der Waals surface area (Å²) in [5.41, 5.74) is 7.14. The Morgan fingerprint density at radius 3 is 2.71 bits per heavy atom. The summed E-state index contributed by atoms with van der Waals surface area (Å²) in [6, 6.07) is 9.81. The highest BCUT2D eigenvalue weighted by Gasteiger charge is 2.11. The molecule has 0 heterocycles. The molecule has 21 heavy (non-hydrogen) atoms. The first-order valence-electron chi connectivity index (χ1n) is 6.58. The SMILES string of the molecule is COc1cccc(CCN)c1OCc1cc(F)ccc1Cl. The van der Waals surface area contributed by atoms with Gasteiger partial charge in [-0.1, -0.05) is 23.7 Å². The fraction of sp³-hybridized carbons (Fsp3) is 0.250. The zero-order chi connectivity index (χ0) is 15.2. The number of benzene rings is 2. The van der Waals surface area contributed by atoms with Gasteiger partial charge >= 0.3 is 0 Å². The van der Waals surface area contributed by atoms with Crippen LogP contribution in [0.4, 0.5) is 4.39 Å². The lowest BCUT2D eigenvalue weighted by Crippen LogP contribution is -2.07. The van der Waals surface area contributed by atoms with E-state index in [1.165, 1.54) is 18.2 Å². The number of halogens is 2. The summed E-state index contributed by atoms with van der Waals surface area (Å²) in [5, 5.41) is 0.465. The van der Waals surface area contributed by atoms with Gasteiger partial charge in [0.05, 0.1) is 7.11 Å². The molecule has 2 aromatic rings. The van der Waals surface area contributed by atoms with Crippen LogP contribution in [0.25, 0.3) is 0 Å². The average Bonchev–Trinajstić information content (AvgIpc) is 2.49. The number of para-hydroxylation sites is 1. The van der Waals surface area contributed by atoms with E-state index >= 15 is 0 Å². The van der Waals surface area contributed by atoms with E-state index in [2.05, 4.69) is 0 Å². The maximum absolute atomic E-state index is 13.3. The minimum atomic E-state index is -0.347. The molecular weight excluding hydrogens is 293 g/mol. The van der Waals surface area contributed by atoms with E-state index < -0.39 is 0 Å². The van der Waals surface area contributed by atoms with Crippen molar-refractivity contribution in [3.8, 4) is 11.5 Å². The maximum atomic E-state index is 13.3. The van der Waals surface area contributed by atoms with Crippen molar-refractivity contribution < 1.29 is 13.9 Å². The van der Waals surface area contributed by atoms with E-state index in [4.69, 9.17) is 26.8 Å². The Balaban J connectivity index is 2.24. The van der Waals surface area contributed by atoms with Gasteiger partial charge in [0.15, 0.2) is 11.5 Å². The van der Waals surface area contributed by atoms with Crippen molar-refractivity contribution in [2.75, 3.05) is 13.7 Å². The molecule has 0 saturated carbocycles. The van der Waals surface area contributed by atoms with Gasteiger partial charge in [-0.15, -0.1) is 0 Å². The van der Waals surface area contributed by atoms with E-state index in [0.717, 1.165) is 5.56 Å². The molecule has 0 aliphatic heterocycles. The molecule has 0 aromatic heterocycles. The molecule has 0 saturated heterocycles. The van der Waals surface area contributed by atoms with Crippen LogP contribution < -0.4 is 15.2 Å². The molecule has 3 nitrogen and oxygen atoms in total. The third-order valence-electron chi connectivity index (χ3n) is 3.07. The lowest BCUT2D eigenvalue weighted by Gasteiger charge is -2.15. The number of hydrogen-bond donors (Lipinski definition) is 1. The summed E-state index contributed by atoms with van der Waals surface area (Å²) in [6.07, 6.45) is 0.670. The van der Waals surface area contributed by atoms with E-state index in [0.29, 0.717) is 35.1 Å². The molecule has 2 N–H and O–H groups in total.